The standard InChI is InChI=1S/C10H12Cl/c1-8(2)6-9-4-3-5-10(11)7-9/h3,5,7-8H,6H2,1-2H3. The Morgan fingerprint density at radius 1 is 1.55 bits per heavy atom. The van der Waals surface area contributed by atoms with Crippen molar-refractivity contribution in [2.75, 3.05) is 0 Å². The average Bonchev–Trinajstić information content (AvgIpc) is 1.85. The molecule has 1 radical (unpaired) electrons. The topological polar surface area (TPSA) is 0 Å². The number of benzene rings is 1. The Bertz CT molecular complexity index is 228. The second-order valence-corrected chi connectivity index (χ2v) is 3.57. The Morgan fingerprint density at radius 3 is 2.82 bits per heavy atom. The third-order valence-electron chi connectivity index (χ3n) is 1.45. The molecule has 0 N–H and O–H groups in total. The minimum Gasteiger partial charge on any atom is -0.0843 e. The van der Waals surface area contributed by atoms with E-state index in [0.717, 1.165) is 11.4 Å². The Balaban J connectivity index is 2.71. The molecule has 11 heavy (non-hydrogen) atoms. The SMILES string of the molecule is CC(C)Cc1[c]ccc(Cl)c1. The van der Waals surface area contributed by atoms with E-state index in [9.17, 15) is 0 Å². The van der Waals surface area contributed by atoms with Crippen molar-refractivity contribution in [3.63, 3.8) is 0 Å². The molecule has 59 valence electrons. The van der Waals surface area contributed by atoms with Crippen LogP contribution in [0.1, 0.15) is 19.4 Å². The Kier molecular flexibility index (Phi) is 2.95. The van der Waals surface area contributed by atoms with Gasteiger partial charge in [-0.25, -0.2) is 0 Å². The van der Waals surface area contributed by atoms with E-state index in [-0.39, 0.29) is 0 Å². The summed E-state index contributed by atoms with van der Waals surface area (Å²) < 4.78 is 0. The molecule has 0 atom stereocenters. The van der Waals surface area contributed by atoms with E-state index in [4.69, 9.17) is 11.6 Å². The molecule has 1 heteroatoms. The van der Waals surface area contributed by atoms with Crippen LogP contribution in [0.5, 0.6) is 0 Å². The molecule has 0 aromatic heterocycles. The maximum atomic E-state index is 5.81. The average molecular weight is 168 g/mol. The summed E-state index contributed by atoms with van der Waals surface area (Å²) in [7, 11) is 0. The van der Waals surface area contributed by atoms with E-state index in [0.29, 0.717) is 5.92 Å². The lowest BCUT2D eigenvalue weighted by atomic mass is 10.0. The minimum absolute atomic E-state index is 0.671. The zero-order valence-corrected chi connectivity index (χ0v) is 7.65. The fourth-order valence-electron chi connectivity index (χ4n) is 1.04. The Labute approximate surface area is 73.2 Å². The highest BCUT2D eigenvalue weighted by Crippen LogP contribution is 2.13. The molecule has 1 rings (SSSR count). The molecule has 0 nitrogen and oxygen atoms in total. The monoisotopic (exact) mass is 167 g/mol. The zero-order valence-electron chi connectivity index (χ0n) is 6.89. The van der Waals surface area contributed by atoms with Crippen molar-refractivity contribution >= 4 is 11.6 Å². The molecule has 1 aromatic rings. The molecule has 0 amide bonds. The van der Waals surface area contributed by atoms with Crippen LogP contribution in [-0.2, 0) is 6.42 Å². The van der Waals surface area contributed by atoms with E-state index < -0.39 is 0 Å². The Hall–Kier alpha value is -0.490. The smallest absolute Gasteiger partial charge is 0.0409 e. The van der Waals surface area contributed by atoms with E-state index in [1.165, 1.54) is 5.56 Å². The summed E-state index contributed by atoms with van der Waals surface area (Å²) in [6, 6.07) is 8.86. The highest BCUT2D eigenvalue weighted by atomic mass is 35.5. The van der Waals surface area contributed by atoms with Gasteiger partial charge in [-0.15, -0.1) is 0 Å². The molecule has 0 aliphatic carbocycles. The highest BCUT2D eigenvalue weighted by molar-refractivity contribution is 6.30. The van der Waals surface area contributed by atoms with E-state index in [2.05, 4.69) is 19.9 Å². The van der Waals surface area contributed by atoms with Crippen molar-refractivity contribution in [3.8, 4) is 0 Å². The van der Waals surface area contributed by atoms with Gasteiger partial charge in [-0.1, -0.05) is 31.5 Å². The molecule has 0 unspecified atom stereocenters. The molecule has 0 aliphatic rings. The third-order valence-corrected chi connectivity index (χ3v) is 1.69. The number of rotatable bonds is 2. The molecule has 0 bridgehead atoms. The highest BCUT2D eigenvalue weighted by Gasteiger charge is 1.97. The van der Waals surface area contributed by atoms with Crippen LogP contribution >= 0.6 is 11.6 Å². The van der Waals surface area contributed by atoms with Gasteiger partial charge in [0, 0.05) is 5.02 Å². The van der Waals surface area contributed by atoms with Crippen LogP contribution in [0.25, 0.3) is 0 Å². The van der Waals surface area contributed by atoms with Crippen LogP contribution in [0.4, 0.5) is 0 Å². The van der Waals surface area contributed by atoms with Crippen molar-refractivity contribution in [2.24, 2.45) is 5.92 Å². The molecule has 0 heterocycles. The van der Waals surface area contributed by atoms with Crippen LogP contribution in [0.2, 0.25) is 5.02 Å². The third kappa shape index (κ3) is 2.94. The molecule has 0 saturated heterocycles. The number of hydrogen-bond donors (Lipinski definition) is 0. The Morgan fingerprint density at radius 2 is 2.27 bits per heavy atom. The van der Waals surface area contributed by atoms with Crippen LogP contribution in [0.15, 0.2) is 18.2 Å². The summed E-state index contributed by atoms with van der Waals surface area (Å²) >= 11 is 5.81. The summed E-state index contributed by atoms with van der Waals surface area (Å²) in [5, 5.41) is 0.805. The van der Waals surface area contributed by atoms with Gasteiger partial charge < -0.3 is 0 Å². The predicted octanol–water partition coefficient (Wildman–Crippen LogP) is 3.34. The van der Waals surface area contributed by atoms with Gasteiger partial charge in [-0.2, -0.15) is 0 Å². The first kappa shape index (κ1) is 8.61. The second-order valence-electron chi connectivity index (χ2n) is 3.13. The first-order valence-corrected chi connectivity index (χ1v) is 4.22. The molecular weight excluding hydrogens is 156 g/mol. The quantitative estimate of drug-likeness (QED) is 0.634. The molecular formula is C10H12Cl. The van der Waals surface area contributed by atoms with Gasteiger partial charge in [0.15, 0.2) is 0 Å². The zero-order chi connectivity index (χ0) is 8.27. The first-order valence-electron chi connectivity index (χ1n) is 3.84. The van der Waals surface area contributed by atoms with Gasteiger partial charge in [0.25, 0.3) is 0 Å². The fraction of sp³-hybridized carbons (Fsp3) is 0.400. The summed E-state index contributed by atoms with van der Waals surface area (Å²) in [6.45, 7) is 4.38. The summed E-state index contributed by atoms with van der Waals surface area (Å²) in [5.41, 5.74) is 1.20. The van der Waals surface area contributed by atoms with Crippen molar-refractivity contribution in [3.05, 3.63) is 34.9 Å². The molecule has 0 aliphatic heterocycles. The van der Waals surface area contributed by atoms with E-state index >= 15 is 0 Å². The van der Waals surface area contributed by atoms with Gasteiger partial charge in [0.1, 0.15) is 0 Å². The van der Waals surface area contributed by atoms with Gasteiger partial charge in [-0.3, -0.25) is 0 Å². The second kappa shape index (κ2) is 3.77. The maximum absolute atomic E-state index is 5.81. The molecule has 1 aromatic carbocycles. The fourth-order valence-corrected chi connectivity index (χ4v) is 1.24. The summed E-state index contributed by atoms with van der Waals surface area (Å²) in [6.07, 6.45) is 1.06. The van der Waals surface area contributed by atoms with Crippen molar-refractivity contribution in [2.45, 2.75) is 20.3 Å². The normalized spacial score (nSPS) is 10.5. The number of halogens is 1. The van der Waals surface area contributed by atoms with Crippen molar-refractivity contribution < 1.29 is 0 Å². The number of hydrogen-bond acceptors (Lipinski definition) is 0. The van der Waals surface area contributed by atoms with Gasteiger partial charge in [-0.05, 0) is 36.1 Å². The predicted molar refractivity (Wildman–Crippen MR) is 48.8 cm³/mol. The van der Waals surface area contributed by atoms with Crippen LogP contribution in [0, 0.1) is 12.0 Å². The first-order chi connectivity index (χ1) is 5.18. The lowest BCUT2D eigenvalue weighted by molar-refractivity contribution is 0.647. The van der Waals surface area contributed by atoms with E-state index in [1.54, 1.807) is 0 Å². The van der Waals surface area contributed by atoms with Crippen LogP contribution in [0.3, 0.4) is 0 Å². The molecule has 0 fully saturated rings. The minimum atomic E-state index is 0.671. The van der Waals surface area contributed by atoms with Gasteiger partial charge in [0.2, 0.25) is 0 Å². The van der Waals surface area contributed by atoms with E-state index in [1.807, 2.05) is 18.2 Å². The van der Waals surface area contributed by atoms with Gasteiger partial charge >= 0.3 is 0 Å². The molecule has 0 spiro atoms. The summed E-state index contributed by atoms with van der Waals surface area (Å²) in [5.74, 6) is 0.671. The maximum Gasteiger partial charge on any atom is 0.0409 e. The summed E-state index contributed by atoms with van der Waals surface area (Å²) in [4.78, 5) is 0. The largest absolute Gasteiger partial charge is 0.0843 e. The van der Waals surface area contributed by atoms with Gasteiger partial charge in [0.05, 0.1) is 0 Å². The van der Waals surface area contributed by atoms with Crippen molar-refractivity contribution in [1.82, 2.24) is 0 Å². The van der Waals surface area contributed by atoms with Crippen LogP contribution < -0.4 is 0 Å². The lowest BCUT2D eigenvalue weighted by Gasteiger charge is -2.03. The van der Waals surface area contributed by atoms with Crippen molar-refractivity contribution in [1.29, 1.82) is 0 Å². The van der Waals surface area contributed by atoms with Crippen LogP contribution in [-0.4, -0.2) is 0 Å². The lowest BCUT2D eigenvalue weighted by Crippen LogP contribution is -1.93. The molecule has 0 saturated carbocycles.